The summed E-state index contributed by atoms with van der Waals surface area (Å²) >= 11 is 0. The smallest absolute Gasteiger partial charge is 0.317 e. The molecule has 0 unspecified atom stereocenters. The van der Waals surface area contributed by atoms with Crippen molar-refractivity contribution in [3.63, 3.8) is 0 Å². The van der Waals surface area contributed by atoms with Crippen LogP contribution >= 0.6 is 0 Å². The van der Waals surface area contributed by atoms with E-state index in [4.69, 9.17) is 5.11 Å². The molecule has 7 heteroatoms. The summed E-state index contributed by atoms with van der Waals surface area (Å²) in [6.45, 7) is 1.30. The molecule has 1 fully saturated rings. The molecule has 0 aromatic heterocycles. The van der Waals surface area contributed by atoms with Gasteiger partial charge in [-0.25, -0.2) is 8.78 Å². The molecule has 0 aliphatic carbocycles. The van der Waals surface area contributed by atoms with Gasteiger partial charge in [-0.1, -0.05) is 0 Å². The summed E-state index contributed by atoms with van der Waals surface area (Å²) < 4.78 is 26.6. The van der Waals surface area contributed by atoms with Crippen LogP contribution in [0.1, 0.15) is 10.4 Å². The van der Waals surface area contributed by atoms with Gasteiger partial charge in [0.15, 0.2) is 0 Å². The van der Waals surface area contributed by atoms with Gasteiger partial charge in [-0.15, -0.1) is 0 Å². The fourth-order valence-electron chi connectivity index (χ4n) is 2.13. The van der Waals surface area contributed by atoms with Crippen molar-refractivity contribution in [1.82, 2.24) is 9.80 Å². The monoisotopic (exact) mass is 284 g/mol. The predicted molar refractivity (Wildman–Crippen MR) is 66.3 cm³/mol. The highest BCUT2D eigenvalue weighted by Gasteiger charge is 2.25. The summed E-state index contributed by atoms with van der Waals surface area (Å²) in [5.74, 6) is -2.93. The van der Waals surface area contributed by atoms with Gasteiger partial charge < -0.3 is 10.0 Å². The van der Waals surface area contributed by atoms with Crippen molar-refractivity contribution in [2.75, 3.05) is 32.7 Å². The molecule has 108 valence electrons. The van der Waals surface area contributed by atoms with Crippen molar-refractivity contribution in [3.8, 4) is 0 Å². The average Bonchev–Trinajstić information content (AvgIpc) is 2.41. The Balaban J connectivity index is 2.01. The quantitative estimate of drug-likeness (QED) is 0.892. The summed E-state index contributed by atoms with van der Waals surface area (Å²) in [7, 11) is 0. The number of hydrogen-bond donors (Lipinski definition) is 1. The number of nitrogens with zero attached hydrogens (tertiary/aromatic N) is 2. The topological polar surface area (TPSA) is 60.9 Å². The van der Waals surface area contributed by atoms with Gasteiger partial charge in [0.1, 0.15) is 11.6 Å². The van der Waals surface area contributed by atoms with Crippen LogP contribution in [0.5, 0.6) is 0 Å². The van der Waals surface area contributed by atoms with E-state index in [1.165, 1.54) is 4.90 Å². The molecular formula is C13H14F2N2O3. The molecule has 1 N–H and O–H groups in total. The maximum Gasteiger partial charge on any atom is 0.317 e. The first-order valence-electron chi connectivity index (χ1n) is 6.16. The minimum Gasteiger partial charge on any atom is -0.480 e. The van der Waals surface area contributed by atoms with E-state index in [9.17, 15) is 18.4 Å². The summed E-state index contributed by atoms with van der Waals surface area (Å²) in [5, 5.41) is 8.67. The maximum absolute atomic E-state index is 13.5. The minimum atomic E-state index is -0.930. The lowest BCUT2D eigenvalue weighted by Gasteiger charge is -2.33. The van der Waals surface area contributed by atoms with E-state index in [1.807, 2.05) is 0 Å². The van der Waals surface area contributed by atoms with Gasteiger partial charge in [0, 0.05) is 26.2 Å². The van der Waals surface area contributed by atoms with E-state index in [0.29, 0.717) is 26.2 Å². The predicted octanol–water partition coefficient (Wildman–Crippen LogP) is 0.807. The molecule has 0 radical (unpaired) electrons. The Kier molecular flexibility index (Phi) is 4.29. The molecule has 5 nitrogen and oxygen atoms in total. The van der Waals surface area contributed by atoms with Gasteiger partial charge in [0.2, 0.25) is 0 Å². The molecule has 2 rings (SSSR count). The molecule has 1 heterocycles. The number of piperazine rings is 1. The number of rotatable bonds is 3. The van der Waals surface area contributed by atoms with Crippen LogP contribution < -0.4 is 0 Å². The number of carboxylic acids is 1. The van der Waals surface area contributed by atoms with E-state index in [-0.39, 0.29) is 12.1 Å². The van der Waals surface area contributed by atoms with Crippen molar-refractivity contribution < 1.29 is 23.5 Å². The second kappa shape index (κ2) is 5.96. The molecule has 0 saturated carbocycles. The molecule has 1 aliphatic heterocycles. The maximum atomic E-state index is 13.5. The first kappa shape index (κ1) is 14.4. The lowest BCUT2D eigenvalue weighted by atomic mass is 10.1. The van der Waals surface area contributed by atoms with Crippen LogP contribution in [-0.4, -0.2) is 59.5 Å². The number of hydrogen-bond acceptors (Lipinski definition) is 3. The molecule has 1 aliphatic rings. The second-order valence-corrected chi connectivity index (χ2v) is 4.59. The van der Waals surface area contributed by atoms with E-state index in [2.05, 4.69) is 0 Å². The van der Waals surface area contributed by atoms with Crippen LogP contribution in [0.15, 0.2) is 18.2 Å². The van der Waals surface area contributed by atoms with E-state index < -0.39 is 23.5 Å². The fourth-order valence-corrected chi connectivity index (χ4v) is 2.13. The number of halogens is 2. The molecule has 1 saturated heterocycles. The van der Waals surface area contributed by atoms with Crippen molar-refractivity contribution >= 4 is 11.9 Å². The first-order chi connectivity index (χ1) is 9.47. The number of carbonyl (C=O) groups is 2. The first-order valence-corrected chi connectivity index (χ1v) is 6.16. The molecule has 0 spiro atoms. The Labute approximate surface area is 114 Å². The number of carboxylic acid groups (broad SMARTS) is 1. The van der Waals surface area contributed by atoms with E-state index in [1.54, 1.807) is 4.90 Å². The number of benzene rings is 1. The van der Waals surface area contributed by atoms with Crippen molar-refractivity contribution in [1.29, 1.82) is 0 Å². The highest BCUT2D eigenvalue weighted by Crippen LogP contribution is 2.14. The van der Waals surface area contributed by atoms with Gasteiger partial charge in [-0.2, -0.15) is 0 Å². The molecule has 1 amide bonds. The summed E-state index contributed by atoms with van der Waals surface area (Å²) in [6.07, 6.45) is 0. The lowest BCUT2D eigenvalue weighted by Crippen LogP contribution is -2.50. The largest absolute Gasteiger partial charge is 0.480 e. The Hall–Kier alpha value is -2.02. The number of amides is 1. The Morgan fingerprint density at radius 1 is 1.15 bits per heavy atom. The van der Waals surface area contributed by atoms with Gasteiger partial charge in [-0.05, 0) is 18.2 Å². The van der Waals surface area contributed by atoms with Crippen LogP contribution in [0.4, 0.5) is 8.78 Å². The normalized spacial score (nSPS) is 16.2. The van der Waals surface area contributed by atoms with Gasteiger partial charge in [0.05, 0.1) is 12.1 Å². The fraction of sp³-hybridized carbons (Fsp3) is 0.385. The standard InChI is InChI=1S/C13H14F2N2O3/c14-9-1-2-11(15)10(7-9)13(20)17-5-3-16(4-6-17)8-12(18)19/h1-2,7H,3-6,8H2,(H,18,19). The van der Waals surface area contributed by atoms with Crippen LogP contribution in [0.2, 0.25) is 0 Å². The molecular weight excluding hydrogens is 270 g/mol. The van der Waals surface area contributed by atoms with Gasteiger partial charge in [-0.3, -0.25) is 14.5 Å². The molecule has 20 heavy (non-hydrogen) atoms. The number of carbonyl (C=O) groups excluding carboxylic acids is 1. The third-order valence-corrected chi connectivity index (χ3v) is 3.18. The van der Waals surface area contributed by atoms with Crippen molar-refractivity contribution in [3.05, 3.63) is 35.4 Å². The highest BCUT2D eigenvalue weighted by molar-refractivity contribution is 5.94. The highest BCUT2D eigenvalue weighted by atomic mass is 19.1. The van der Waals surface area contributed by atoms with Crippen molar-refractivity contribution in [2.45, 2.75) is 0 Å². The van der Waals surface area contributed by atoms with Crippen LogP contribution in [-0.2, 0) is 4.79 Å². The lowest BCUT2D eigenvalue weighted by molar-refractivity contribution is -0.138. The van der Waals surface area contributed by atoms with Crippen molar-refractivity contribution in [2.24, 2.45) is 0 Å². The average molecular weight is 284 g/mol. The third kappa shape index (κ3) is 3.30. The molecule has 0 atom stereocenters. The van der Waals surface area contributed by atoms with E-state index in [0.717, 1.165) is 18.2 Å². The van der Waals surface area contributed by atoms with Crippen LogP contribution in [0.3, 0.4) is 0 Å². The zero-order valence-electron chi connectivity index (χ0n) is 10.7. The third-order valence-electron chi connectivity index (χ3n) is 3.18. The van der Waals surface area contributed by atoms with Crippen LogP contribution in [0.25, 0.3) is 0 Å². The number of aliphatic carboxylic acids is 1. The van der Waals surface area contributed by atoms with Gasteiger partial charge >= 0.3 is 5.97 Å². The Bertz CT molecular complexity index is 528. The Morgan fingerprint density at radius 3 is 2.40 bits per heavy atom. The minimum absolute atomic E-state index is 0.0869. The molecule has 0 bridgehead atoms. The summed E-state index contributed by atoms with van der Waals surface area (Å²) in [6, 6.07) is 2.75. The Morgan fingerprint density at radius 2 is 1.80 bits per heavy atom. The molecule has 1 aromatic rings. The zero-order valence-corrected chi connectivity index (χ0v) is 10.7. The SMILES string of the molecule is O=C(O)CN1CCN(C(=O)c2cc(F)ccc2F)CC1. The van der Waals surface area contributed by atoms with E-state index >= 15 is 0 Å². The van der Waals surface area contributed by atoms with Crippen LogP contribution in [0, 0.1) is 11.6 Å². The summed E-state index contributed by atoms with van der Waals surface area (Å²) in [4.78, 5) is 25.7. The van der Waals surface area contributed by atoms with Gasteiger partial charge in [0.25, 0.3) is 5.91 Å². The second-order valence-electron chi connectivity index (χ2n) is 4.59. The zero-order chi connectivity index (χ0) is 14.7. The summed E-state index contributed by atoms with van der Waals surface area (Å²) in [5.41, 5.74) is -0.295. The molecule has 1 aromatic carbocycles.